The Kier molecular flexibility index (Phi) is 11.0. The average Bonchev–Trinajstić information content (AvgIpc) is 3.37. The molecule has 3 aromatic carbocycles. The van der Waals surface area contributed by atoms with Crippen molar-refractivity contribution in [3.63, 3.8) is 0 Å². The highest BCUT2D eigenvalue weighted by Crippen LogP contribution is 2.46. The first-order valence-electron chi connectivity index (χ1n) is 18.4. The zero-order valence-electron chi connectivity index (χ0n) is 30.8. The number of hydrogen-bond acceptors (Lipinski definition) is 5. The molecule has 1 N–H and O–H groups in total. The van der Waals surface area contributed by atoms with Gasteiger partial charge in [-0.05, 0) is 67.2 Å². The summed E-state index contributed by atoms with van der Waals surface area (Å²) >= 11 is 0. The first-order valence-corrected chi connectivity index (χ1v) is 19.8. The predicted molar refractivity (Wildman–Crippen MR) is 206 cm³/mol. The predicted octanol–water partition coefficient (Wildman–Crippen LogP) is 6.69. The monoisotopic (exact) mass is 723 g/mol. The van der Waals surface area contributed by atoms with Gasteiger partial charge >= 0.3 is 10.2 Å². The van der Waals surface area contributed by atoms with Crippen molar-refractivity contribution in [3.05, 3.63) is 101 Å². The first kappa shape index (κ1) is 37.0. The molecule has 2 fully saturated rings. The minimum absolute atomic E-state index is 0.0379. The van der Waals surface area contributed by atoms with E-state index in [0.717, 1.165) is 57.7 Å². The van der Waals surface area contributed by atoms with Gasteiger partial charge in [0.25, 0.3) is 17.7 Å². The van der Waals surface area contributed by atoms with Gasteiger partial charge in [-0.15, -0.1) is 0 Å². The normalized spacial score (nSPS) is 17.7. The van der Waals surface area contributed by atoms with E-state index in [4.69, 9.17) is 0 Å². The van der Waals surface area contributed by atoms with Crippen molar-refractivity contribution in [2.45, 2.75) is 71.4 Å². The van der Waals surface area contributed by atoms with E-state index in [-0.39, 0.29) is 30.0 Å². The maximum absolute atomic E-state index is 14.5. The number of rotatable bonds is 6. The Morgan fingerprint density at radius 3 is 2.21 bits per heavy atom. The van der Waals surface area contributed by atoms with Crippen molar-refractivity contribution >= 4 is 44.9 Å². The molecule has 1 saturated heterocycles. The second-order valence-corrected chi connectivity index (χ2v) is 15.7. The molecule has 7 rings (SSSR count). The Balaban J connectivity index is 0.00000228. The fraction of sp³-hybridized carbons (Fsp3) is 0.390. The summed E-state index contributed by atoms with van der Waals surface area (Å²) in [6.45, 7) is 7.54. The molecule has 1 aromatic heterocycles. The smallest absolute Gasteiger partial charge is 0.303 e. The highest BCUT2D eigenvalue weighted by molar-refractivity contribution is 7.87. The van der Waals surface area contributed by atoms with Crippen LogP contribution in [-0.4, -0.2) is 84.6 Å². The van der Waals surface area contributed by atoms with Gasteiger partial charge < -0.3 is 14.4 Å². The van der Waals surface area contributed by atoms with Gasteiger partial charge in [-0.1, -0.05) is 81.6 Å². The number of piperazine rings is 1. The molecule has 2 aliphatic heterocycles. The summed E-state index contributed by atoms with van der Waals surface area (Å²) in [5.74, 6) is -0.520. The summed E-state index contributed by atoms with van der Waals surface area (Å²) in [6, 6.07) is 22.6. The fourth-order valence-electron chi connectivity index (χ4n) is 7.81. The summed E-state index contributed by atoms with van der Waals surface area (Å²) < 4.78 is 30.4. The summed E-state index contributed by atoms with van der Waals surface area (Å²) in [7, 11) is -1.26. The molecule has 3 amide bonds. The molecule has 0 bridgehead atoms. The third kappa shape index (κ3) is 7.16. The van der Waals surface area contributed by atoms with Crippen LogP contribution in [0.25, 0.3) is 28.2 Å². The van der Waals surface area contributed by atoms with Crippen LogP contribution in [0.2, 0.25) is 0 Å². The van der Waals surface area contributed by atoms with Crippen molar-refractivity contribution in [1.82, 2.24) is 23.4 Å². The Hall–Kier alpha value is -4.74. The van der Waals surface area contributed by atoms with E-state index in [1.54, 1.807) is 12.1 Å². The second-order valence-electron chi connectivity index (χ2n) is 13.9. The quantitative estimate of drug-likeness (QED) is 0.239. The van der Waals surface area contributed by atoms with E-state index in [1.165, 1.54) is 26.1 Å². The molecule has 3 aliphatic rings. The topological polar surface area (TPSA) is 112 Å². The molecule has 11 heteroatoms. The van der Waals surface area contributed by atoms with E-state index < -0.39 is 16.1 Å². The number of fused-ring (bicyclic) bond motifs is 5. The lowest BCUT2D eigenvalue weighted by atomic mass is 9.81. The fourth-order valence-corrected chi connectivity index (χ4v) is 8.34. The highest BCUT2D eigenvalue weighted by atomic mass is 32.2. The van der Waals surface area contributed by atoms with E-state index >= 15 is 0 Å². The zero-order valence-corrected chi connectivity index (χ0v) is 31.6. The van der Waals surface area contributed by atoms with Crippen LogP contribution in [0.5, 0.6) is 0 Å². The van der Waals surface area contributed by atoms with Crippen LogP contribution in [0.15, 0.2) is 78.4 Å². The number of carbonyl (C=O) groups is 3. The van der Waals surface area contributed by atoms with Crippen LogP contribution in [0.4, 0.5) is 0 Å². The molecule has 0 spiro atoms. The Morgan fingerprint density at radius 2 is 1.52 bits per heavy atom. The van der Waals surface area contributed by atoms with Crippen molar-refractivity contribution < 1.29 is 22.8 Å². The standard InChI is InChI=1S/C39H43N5O5S.C2H6/c1-26-24-42(38(46)28-14-8-5-9-15-28)20-21-43(26)39(47)31-22-29-16-10-11-17-32(29)36-35(27-12-6-4-7-13-27)33-19-18-30(23-34(33)44(36)25-31)37(45)40-50(48,49)41(2)3;1-2/h5,8-11,14-19,22-23,26-27H,4,6-7,12-13,20-21,24-25H2,1-3H3,(H,40,45);1-2H3/t26-;/m1./s1. The number of amides is 3. The van der Waals surface area contributed by atoms with Crippen LogP contribution in [-0.2, 0) is 21.5 Å². The molecule has 52 heavy (non-hydrogen) atoms. The van der Waals surface area contributed by atoms with Crippen LogP contribution in [0.1, 0.15) is 90.6 Å². The molecule has 1 aliphatic carbocycles. The Bertz CT molecular complexity index is 2120. The summed E-state index contributed by atoms with van der Waals surface area (Å²) in [6.07, 6.45) is 7.59. The molecule has 1 saturated carbocycles. The molecule has 274 valence electrons. The van der Waals surface area contributed by atoms with Crippen LogP contribution >= 0.6 is 0 Å². The van der Waals surface area contributed by atoms with Gasteiger partial charge in [0, 0.05) is 72.9 Å². The van der Waals surface area contributed by atoms with Gasteiger partial charge in [0.1, 0.15) is 0 Å². The average molecular weight is 724 g/mol. The largest absolute Gasteiger partial charge is 0.335 e. The number of carbonyl (C=O) groups excluding carboxylic acids is 3. The number of benzene rings is 3. The number of nitrogens with zero attached hydrogens (tertiary/aromatic N) is 4. The van der Waals surface area contributed by atoms with Crippen LogP contribution in [0.3, 0.4) is 0 Å². The maximum atomic E-state index is 14.5. The van der Waals surface area contributed by atoms with Gasteiger partial charge in [-0.3, -0.25) is 14.4 Å². The summed E-state index contributed by atoms with van der Waals surface area (Å²) in [4.78, 5) is 44.7. The van der Waals surface area contributed by atoms with Crippen molar-refractivity contribution in [2.24, 2.45) is 0 Å². The third-order valence-electron chi connectivity index (χ3n) is 10.4. The minimum atomic E-state index is -3.99. The van der Waals surface area contributed by atoms with Gasteiger partial charge in [-0.25, -0.2) is 4.72 Å². The van der Waals surface area contributed by atoms with Crippen LogP contribution in [0, 0.1) is 0 Å². The SMILES string of the molecule is CC.C[C@@H]1CN(C(=O)c2ccccc2)CCN1C(=O)C1=Cc2ccccc2-c2c(C3CCCCC3)c3ccc(C(=O)NS(=O)(=O)N(C)C)cc3n2C1. The molecule has 10 nitrogen and oxygen atoms in total. The minimum Gasteiger partial charge on any atom is -0.335 e. The van der Waals surface area contributed by atoms with Gasteiger partial charge in [0.05, 0.1) is 12.2 Å². The molecule has 0 radical (unpaired) electrons. The van der Waals surface area contributed by atoms with Gasteiger partial charge in [0.15, 0.2) is 0 Å². The number of nitrogens with one attached hydrogen (secondary N) is 1. The number of hydrogen-bond donors (Lipinski definition) is 1. The van der Waals surface area contributed by atoms with E-state index in [2.05, 4.69) is 15.4 Å². The number of aromatic nitrogens is 1. The molecular formula is C41H49N5O5S. The van der Waals surface area contributed by atoms with Crippen molar-refractivity contribution in [3.8, 4) is 11.3 Å². The molecule has 3 heterocycles. The van der Waals surface area contributed by atoms with E-state index in [0.29, 0.717) is 36.7 Å². The first-order chi connectivity index (χ1) is 25.0. The maximum Gasteiger partial charge on any atom is 0.303 e. The lowest BCUT2D eigenvalue weighted by Crippen LogP contribution is -2.55. The van der Waals surface area contributed by atoms with Gasteiger partial charge in [-0.2, -0.15) is 12.7 Å². The lowest BCUT2D eigenvalue weighted by molar-refractivity contribution is -0.131. The molecule has 0 unspecified atom stereocenters. The summed E-state index contributed by atoms with van der Waals surface area (Å²) in [5.41, 5.74) is 6.51. The van der Waals surface area contributed by atoms with E-state index in [1.807, 2.05) is 91.2 Å². The molecular weight excluding hydrogens is 675 g/mol. The van der Waals surface area contributed by atoms with Crippen molar-refractivity contribution in [2.75, 3.05) is 33.7 Å². The highest BCUT2D eigenvalue weighted by Gasteiger charge is 2.35. The Morgan fingerprint density at radius 1 is 0.827 bits per heavy atom. The summed E-state index contributed by atoms with van der Waals surface area (Å²) in [5, 5.41) is 1.02. The van der Waals surface area contributed by atoms with Crippen LogP contribution < -0.4 is 4.72 Å². The van der Waals surface area contributed by atoms with Crippen molar-refractivity contribution in [1.29, 1.82) is 0 Å². The lowest BCUT2D eigenvalue weighted by Gasteiger charge is -2.40. The van der Waals surface area contributed by atoms with E-state index in [9.17, 15) is 22.8 Å². The Labute approximate surface area is 307 Å². The van der Waals surface area contributed by atoms with Gasteiger partial charge in [0.2, 0.25) is 0 Å². The third-order valence-corrected chi connectivity index (χ3v) is 11.8. The molecule has 1 atom stereocenters. The second kappa shape index (κ2) is 15.5. The zero-order chi connectivity index (χ0) is 37.2. The molecule has 4 aromatic rings.